The predicted octanol–water partition coefficient (Wildman–Crippen LogP) is 3.26. The first kappa shape index (κ1) is 15.8. The van der Waals surface area contributed by atoms with Gasteiger partial charge in [0.2, 0.25) is 0 Å². The van der Waals surface area contributed by atoms with Gasteiger partial charge in [-0.1, -0.05) is 19.9 Å². The van der Waals surface area contributed by atoms with Gasteiger partial charge in [-0.25, -0.2) is 4.39 Å². The topological polar surface area (TPSA) is 44.5 Å². The molecular weight excluding hydrogens is 245 g/mol. The number of nitrogens with two attached hydrogens (primary N) is 1. The Morgan fingerprint density at radius 1 is 1.16 bits per heavy atom. The maximum Gasteiger partial charge on any atom is 0.161 e. The van der Waals surface area contributed by atoms with Crippen LogP contribution in [0.4, 0.5) is 4.39 Å². The van der Waals surface area contributed by atoms with Crippen molar-refractivity contribution < 1.29 is 13.9 Å². The van der Waals surface area contributed by atoms with Crippen molar-refractivity contribution in [1.82, 2.24) is 0 Å². The van der Waals surface area contributed by atoms with Crippen LogP contribution in [-0.2, 0) is 5.67 Å². The third-order valence-electron chi connectivity index (χ3n) is 3.24. The third-order valence-corrected chi connectivity index (χ3v) is 3.24. The Labute approximate surface area is 114 Å². The number of hydrogen-bond acceptors (Lipinski definition) is 3. The molecule has 0 aliphatic heterocycles. The first-order valence-electron chi connectivity index (χ1n) is 6.78. The summed E-state index contributed by atoms with van der Waals surface area (Å²) in [6.45, 7) is 8.43. The summed E-state index contributed by atoms with van der Waals surface area (Å²) in [5, 5.41) is 0. The van der Waals surface area contributed by atoms with Gasteiger partial charge in [0, 0.05) is 6.54 Å². The van der Waals surface area contributed by atoms with E-state index in [0.717, 1.165) is 0 Å². The van der Waals surface area contributed by atoms with E-state index in [1.165, 1.54) is 0 Å². The van der Waals surface area contributed by atoms with Gasteiger partial charge in [0.15, 0.2) is 17.2 Å². The van der Waals surface area contributed by atoms with Gasteiger partial charge in [-0.05, 0) is 37.5 Å². The molecule has 1 aromatic carbocycles. The lowest BCUT2D eigenvalue weighted by Crippen LogP contribution is -2.35. The molecule has 0 fully saturated rings. The molecule has 0 amide bonds. The van der Waals surface area contributed by atoms with Gasteiger partial charge in [0.1, 0.15) is 0 Å². The van der Waals surface area contributed by atoms with Gasteiger partial charge >= 0.3 is 0 Å². The number of rotatable bonds is 7. The van der Waals surface area contributed by atoms with Gasteiger partial charge in [-0.2, -0.15) is 0 Å². The average molecular weight is 269 g/mol. The number of alkyl halides is 1. The van der Waals surface area contributed by atoms with Crippen LogP contribution in [0.5, 0.6) is 11.5 Å². The van der Waals surface area contributed by atoms with Crippen LogP contribution in [0.2, 0.25) is 0 Å². The molecule has 0 saturated carbocycles. The van der Waals surface area contributed by atoms with E-state index in [-0.39, 0.29) is 12.5 Å². The highest BCUT2D eigenvalue weighted by Crippen LogP contribution is 2.38. The Hall–Kier alpha value is -1.29. The second-order valence-corrected chi connectivity index (χ2v) is 4.75. The second kappa shape index (κ2) is 6.75. The van der Waals surface area contributed by atoms with Crippen LogP contribution in [0.3, 0.4) is 0 Å². The van der Waals surface area contributed by atoms with Crippen molar-refractivity contribution in [2.45, 2.75) is 33.4 Å². The maximum absolute atomic E-state index is 14.9. The van der Waals surface area contributed by atoms with E-state index in [0.29, 0.717) is 30.3 Å². The Morgan fingerprint density at radius 2 is 1.74 bits per heavy atom. The highest BCUT2D eigenvalue weighted by Gasteiger charge is 2.35. The molecule has 1 atom stereocenters. The van der Waals surface area contributed by atoms with E-state index >= 15 is 0 Å². The van der Waals surface area contributed by atoms with E-state index in [9.17, 15) is 4.39 Å². The zero-order valence-electron chi connectivity index (χ0n) is 12.2. The second-order valence-electron chi connectivity index (χ2n) is 4.75. The Balaban J connectivity index is 3.19. The molecule has 1 unspecified atom stereocenters. The molecule has 0 saturated heterocycles. The van der Waals surface area contributed by atoms with E-state index < -0.39 is 5.67 Å². The van der Waals surface area contributed by atoms with E-state index in [1.807, 2.05) is 27.7 Å². The molecule has 3 nitrogen and oxygen atoms in total. The molecule has 0 aliphatic rings. The molecule has 0 aliphatic carbocycles. The van der Waals surface area contributed by atoms with E-state index in [1.54, 1.807) is 18.2 Å². The lowest BCUT2D eigenvalue weighted by Gasteiger charge is -2.29. The fourth-order valence-electron chi connectivity index (χ4n) is 2.00. The van der Waals surface area contributed by atoms with Crippen molar-refractivity contribution in [3.63, 3.8) is 0 Å². The minimum absolute atomic E-state index is 0.0514. The molecule has 0 spiro atoms. The minimum atomic E-state index is -1.55. The monoisotopic (exact) mass is 269 g/mol. The van der Waals surface area contributed by atoms with Gasteiger partial charge < -0.3 is 15.2 Å². The molecule has 0 radical (unpaired) electrons. The molecular formula is C15H24FNO2. The highest BCUT2D eigenvalue weighted by atomic mass is 19.1. The first-order chi connectivity index (χ1) is 8.99. The van der Waals surface area contributed by atoms with Crippen LogP contribution >= 0.6 is 0 Å². The summed E-state index contributed by atoms with van der Waals surface area (Å²) in [6.07, 6.45) is 0. The number of ether oxygens (including phenoxy) is 2. The van der Waals surface area contributed by atoms with Gasteiger partial charge in [-0.15, -0.1) is 0 Å². The zero-order chi connectivity index (χ0) is 14.5. The van der Waals surface area contributed by atoms with Crippen LogP contribution in [0.1, 0.15) is 33.3 Å². The summed E-state index contributed by atoms with van der Waals surface area (Å²) in [5.74, 6) is 0.999. The molecule has 0 aromatic heterocycles. The SMILES string of the molecule is CCOc1ccc(C(F)(CN)C(C)C)cc1OCC. The fraction of sp³-hybridized carbons (Fsp3) is 0.600. The Bertz CT molecular complexity index is 409. The van der Waals surface area contributed by atoms with Crippen LogP contribution in [0, 0.1) is 5.92 Å². The van der Waals surface area contributed by atoms with Crippen molar-refractivity contribution >= 4 is 0 Å². The van der Waals surface area contributed by atoms with Crippen LogP contribution in [-0.4, -0.2) is 19.8 Å². The molecule has 4 heteroatoms. The van der Waals surface area contributed by atoms with Gasteiger partial charge in [-0.3, -0.25) is 0 Å². The third kappa shape index (κ3) is 3.38. The summed E-state index contributed by atoms with van der Waals surface area (Å²) in [7, 11) is 0. The summed E-state index contributed by atoms with van der Waals surface area (Å²) >= 11 is 0. The Kier molecular flexibility index (Phi) is 5.60. The first-order valence-corrected chi connectivity index (χ1v) is 6.78. The number of hydrogen-bond donors (Lipinski definition) is 1. The quantitative estimate of drug-likeness (QED) is 0.826. The van der Waals surface area contributed by atoms with Crippen LogP contribution in [0.15, 0.2) is 18.2 Å². The molecule has 19 heavy (non-hydrogen) atoms. The smallest absolute Gasteiger partial charge is 0.161 e. The van der Waals surface area contributed by atoms with Crippen molar-refractivity contribution in [3.05, 3.63) is 23.8 Å². The average Bonchev–Trinajstić information content (AvgIpc) is 2.40. The largest absolute Gasteiger partial charge is 0.490 e. The summed E-state index contributed by atoms with van der Waals surface area (Å²) in [5.41, 5.74) is 4.61. The summed E-state index contributed by atoms with van der Waals surface area (Å²) in [4.78, 5) is 0. The number of halogens is 1. The molecule has 1 rings (SSSR count). The van der Waals surface area contributed by atoms with Crippen molar-refractivity contribution in [1.29, 1.82) is 0 Å². The Morgan fingerprint density at radius 3 is 2.21 bits per heavy atom. The zero-order valence-corrected chi connectivity index (χ0v) is 12.2. The minimum Gasteiger partial charge on any atom is -0.490 e. The molecule has 108 valence electrons. The van der Waals surface area contributed by atoms with Gasteiger partial charge in [0.05, 0.1) is 13.2 Å². The van der Waals surface area contributed by atoms with Crippen molar-refractivity contribution in [2.75, 3.05) is 19.8 Å². The van der Waals surface area contributed by atoms with E-state index in [4.69, 9.17) is 15.2 Å². The molecule has 1 aromatic rings. The molecule has 2 N–H and O–H groups in total. The standard InChI is InChI=1S/C15H24FNO2/c1-5-18-13-8-7-12(9-14(13)19-6-2)15(16,10-17)11(3)4/h7-9,11H,5-6,10,17H2,1-4H3. The van der Waals surface area contributed by atoms with Crippen molar-refractivity contribution in [2.24, 2.45) is 11.7 Å². The van der Waals surface area contributed by atoms with Crippen molar-refractivity contribution in [3.8, 4) is 11.5 Å². The highest BCUT2D eigenvalue weighted by molar-refractivity contribution is 5.45. The normalized spacial score (nSPS) is 14.3. The molecule has 0 heterocycles. The molecule has 0 bridgehead atoms. The number of benzene rings is 1. The lowest BCUT2D eigenvalue weighted by atomic mass is 9.85. The van der Waals surface area contributed by atoms with Crippen LogP contribution < -0.4 is 15.2 Å². The maximum atomic E-state index is 14.9. The predicted molar refractivity (Wildman–Crippen MR) is 75.5 cm³/mol. The lowest BCUT2D eigenvalue weighted by molar-refractivity contribution is 0.109. The van der Waals surface area contributed by atoms with Gasteiger partial charge in [0.25, 0.3) is 0 Å². The summed E-state index contributed by atoms with van der Waals surface area (Å²) in [6, 6.07) is 5.16. The fourth-order valence-corrected chi connectivity index (χ4v) is 2.00. The van der Waals surface area contributed by atoms with Crippen LogP contribution in [0.25, 0.3) is 0 Å². The summed E-state index contributed by atoms with van der Waals surface area (Å²) < 4.78 is 25.9. The van der Waals surface area contributed by atoms with E-state index in [2.05, 4.69) is 0 Å².